The van der Waals surface area contributed by atoms with E-state index in [2.05, 4.69) is 10.1 Å². The Morgan fingerprint density at radius 2 is 2.00 bits per heavy atom. The molecule has 0 spiro atoms. The Morgan fingerprint density at radius 1 is 1.46 bits per heavy atom. The number of halogens is 3. The van der Waals surface area contributed by atoms with Crippen LogP contribution < -0.4 is 5.32 Å². The first-order valence-corrected chi connectivity index (χ1v) is 3.43. The van der Waals surface area contributed by atoms with E-state index in [0.717, 1.165) is 0 Å². The molecule has 0 unspecified atom stereocenters. The van der Waals surface area contributed by atoms with Gasteiger partial charge in [0.05, 0.1) is 5.92 Å². The number of hydrogen-bond donors (Lipinski definition) is 1. The molecule has 0 aromatic carbocycles. The van der Waals surface area contributed by atoms with E-state index in [9.17, 15) is 18.0 Å². The van der Waals surface area contributed by atoms with Gasteiger partial charge in [0.15, 0.2) is 6.61 Å². The molecule has 0 amide bonds. The van der Waals surface area contributed by atoms with Crippen LogP contribution in [0.2, 0.25) is 0 Å². The number of ether oxygens (including phenoxy) is 1. The summed E-state index contributed by atoms with van der Waals surface area (Å²) >= 11 is 0. The molecule has 72 valence electrons. The summed E-state index contributed by atoms with van der Waals surface area (Å²) < 4.78 is 38.5. The average molecular weight is 207 g/mol. The summed E-state index contributed by atoms with van der Waals surface area (Å²) in [6, 6.07) is 0. The molecule has 7 heteroatoms. The van der Waals surface area contributed by atoms with Crippen molar-refractivity contribution in [3.8, 4) is 0 Å². The Balaban J connectivity index is 0.00000144. The second kappa shape index (κ2) is 5.19. The van der Waals surface area contributed by atoms with Crippen molar-refractivity contribution < 1.29 is 22.7 Å². The first-order valence-electron chi connectivity index (χ1n) is 3.43. The van der Waals surface area contributed by atoms with Crippen molar-refractivity contribution in [3.63, 3.8) is 0 Å². The zero-order chi connectivity index (χ0) is 9.19. The zero-order valence-electron chi connectivity index (χ0n) is 6.15. The van der Waals surface area contributed by atoms with Gasteiger partial charge in [-0.2, -0.15) is 13.2 Å². The van der Waals surface area contributed by atoms with E-state index in [-0.39, 0.29) is 29.6 Å². The van der Waals surface area contributed by atoms with Crippen LogP contribution in [0.15, 0.2) is 0 Å². The fourth-order valence-electron chi connectivity index (χ4n) is 0.726. The summed E-state index contributed by atoms with van der Waals surface area (Å²) in [5.41, 5.74) is 0. The number of alkyl halides is 3. The molecule has 0 aromatic rings. The topological polar surface area (TPSA) is 38.3 Å². The Kier molecular flexibility index (Phi) is 5.28. The van der Waals surface area contributed by atoms with Gasteiger partial charge in [0.2, 0.25) is 0 Å². The third kappa shape index (κ3) is 4.85. The number of esters is 1. The molecule has 1 saturated heterocycles. The number of carbonyl (C=O) groups is 1. The summed E-state index contributed by atoms with van der Waals surface area (Å²) in [7, 11) is 0. The molecule has 1 heterocycles. The normalized spacial score (nSPS) is 17.2. The maximum absolute atomic E-state index is 11.5. The van der Waals surface area contributed by atoms with Gasteiger partial charge in [-0.1, -0.05) is 0 Å². The Morgan fingerprint density at radius 3 is 2.31 bits per heavy atom. The second-order valence-corrected chi connectivity index (χ2v) is 2.58. The van der Waals surface area contributed by atoms with Crippen LogP contribution in [0.5, 0.6) is 0 Å². The third-order valence-corrected chi connectivity index (χ3v) is 1.49. The van der Waals surface area contributed by atoms with Crippen LogP contribution in [-0.2, 0) is 9.53 Å². The maximum atomic E-state index is 11.5. The fraction of sp³-hybridized carbons (Fsp3) is 0.833. The number of rotatable bonds is 2. The fourth-order valence-corrected chi connectivity index (χ4v) is 0.726. The predicted molar refractivity (Wildman–Crippen MR) is 40.5 cm³/mol. The number of carbonyl (C=O) groups excluding carboxylic acids is 1. The van der Waals surface area contributed by atoms with Gasteiger partial charge in [-0.25, -0.2) is 0 Å². The molecule has 1 fully saturated rings. The Bertz CT molecular complexity index is 181. The quantitative estimate of drug-likeness (QED) is 0.497. The monoisotopic (exact) mass is 207 g/mol. The van der Waals surface area contributed by atoms with Crippen molar-refractivity contribution in [1.29, 1.82) is 0 Å². The summed E-state index contributed by atoms with van der Waals surface area (Å²) in [6.45, 7) is -0.657. The van der Waals surface area contributed by atoms with Crippen LogP contribution in [0.1, 0.15) is 0 Å². The van der Waals surface area contributed by atoms with Crippen molar-refractivity contribution in [2.24, 2.45) is 5.92 Å². The van der Waals surface area contributed by atoms with E-state index >= 15 is 0 Å². The van der Waals surface area contributed by atoms with E-state index in [0.29, 0.717) is 13.1 Å². The summed E-state index contributed by atoms with van der Waals surface area (Å²) in [4.78, 5) is 10.7. The minimum absolute atomic E-state index is 0. The standard InChI is InChI=1S/C6H8F3NO2.Na.H/c7-6(8,9)3-12-5(11)4-1-10-2-4;;/h4,10H,1-3H2;;. The van der Waals surface area contributed by atoms with Gasteiger partial charge in [-0.15, -0.1) is 0 Å². The van der Waals surface area contributed by atoms with Gasteiger partial charge < -0.3 is 10.1 Å². The van der Waals surface area contributed by atoms with Gasteiger partial charge >= 0.3 is 41.7 Å². The first kappa shape index (κ1) is 13.2. The Labute approximate surface area is 95.3 Å². The second-order valence-electron chi connectivity index (χ2n) is 2.58. The van der Waals surface area contributed by atoms with Gasteiger partial charge in [0, 0.05) is 13.1 Å². The molecule has 0 radical (unpaired) electrons. The molecule has 0 aliphatic carbocycles. The van der Waals surface area contributed by atoms with Crippen LogP contribution in [-0.4, -0.2) is 61.4 Å². The zero-order valence-corrected chi connectivity index (χ0v) is 6.15. The van der Waals surface area contributed by atoms with Crippen LogP contribution >= 0.6 is 0 Å². The van der Waals surface area contributed by atoms with Crippen molar-refractivity contribution in [1.82, 2.24) is 5.32 Å². The molecule has 13 heavy (non-hydrogen) atoms. The van der Waals surface area contributed by atoms with Gasteiger partial charge in [0.25, 0.3) is 0 Å². The SMILES string of the molecule is O=C(OCC(F)(F)F)C1CNC1.[NaH]. The Hall–Kier alpha value is 0.220. The summed E-state index contributed by atoms with van der Waals surface area (Å²) in [5.74, 6) is -1.17. The first-order chi connectivity index (χ1) is 5.49. The summed E-state index contributed by atoms with van der Waals surface area (Å²) in [5, 5.41) is 2.76. The third-order valence-electron chi connectivity index (χ3n) is 1.49. The van der Waals surface area contributed by atoms with E-state index in [4.69, 9.17) is 0 Å². The van der Waals surface area contributed by atoms with Crippen LogP contribution in [0.4, 0.5) is 13.2 Å². The van der Waals surface area contributed by atoms with Crippen molar-refractivity contribution >= 4 is 35.5 Å². The molecule has 0 bridgehead atoms. The molecular weight excluding hydrogens is 198 g/mol. The number of hydrogen-bond acceptors (Lipinski definition) is 3. The van der Waals surface area contributed by atoms with Gasteiger partial charge in [-0.05, 0) is 0 Å². The van der Waals surface area contributed by atoms with E-state index in [1.54, 1.807) is 0 Å². The van der Waals surface area contributed by atoms with E-state index < -0.39 is 24.7 Å². The van der Waals surface area contributed by atoms with Crippen LogP contribution in [0.25, 0.3) is 0 Å². The van der Waals surface area contributed by atoms with Gasteiger partial charge in [-0.3, -0.25) is 4.79 Å². The molecule has 3 nitrogen and oxygen atoms in total. The summed E-state index contributed by atoms with van der Waals surface area (Å²) in [6.07, 6.45) is -4.42. The van der Waals surface area contributed by atoms with E-state index in [1.807, 2.05) is 0 Å². The van der Waals surface area contributed by atoms with Crippen molar-refractivity contribution in [2.75, 3.05) is 19.7 Å². The molecule has 0 saturated carbocycles. The van der Waals surface area contributed by atoms with Crippen molar-refractivity contribution in [3.05, 3.63) is 0 Å². The average Bonchev–Trinajstić information content (AvgIpc) is 1.78. The van der Waals surface area contributed by atoms with Crippen LogP contribution in [0.3, 0.4) is 0 Å². The number of nitrogens with one attached hydrogen (secondary N) is 1. The molecule has 1 N–H and O–H groups in total. The molecular formula is C6H9F3NNaO2. The molecule has 1 aliphatic heterocycles. The van der Waals surface area contributed by atoms with Crippen molar-refractivity contribution in [2.45, 2.75) is 6.18 Å². The van der Waals surface area contributed by atoms with Crippen LogP contribution in [0, 0.1) is 5.92 Å². The molecule has 0 atom stereocenters. The molecule has 1 rings (SSSR count). The minimum atomic E-state index is -4.42. The van der Waals surface area contributed by atoms with Gasteiger partial charge in [0.1, 0.15) is 0 Å². The predicted octanol–water partition coefficient (Wildman–Crippen LogP) is -0.337. The van der Waals surface area contributed by atoms with E-state index in [1.165, 1.54) is 0 Å². The molecule has 0 aromatic heterocycles. The molecule has 1 aliphatic rings.